The van der Waals surface area contributed by atoms with Crippen molar-refractivity contribution in [1.82, 2.24) is 9.47 Å². The Hall–Kier alpha value is -4.60. The number of hydrogen-bond donors (Lipinski definition) is 1. The SMILES string of the molecule is CCOC(=O)Cn1c(CN(C)C(=O)c2ccc(OC)cc2)c(C2=C(C(=O)OC)CCC2)c2ccc(C(=O)O)cc21. The van der Waals surface area contributed by atoms with Gasteiger partial charge in [-0.05, 0) is 68.2 Å². The van der Waals surface area contributed by atoms with Crippen LogP contribution >= 0.6 is 0 Å². The molecule has 210 valence electrons. The van der Waals surface area contributed by atoms with Gasteiger partial charge in [0.25, 0.3) is 5.91 Å². The summed E-state index contributed by atoms with van der Waals surface area (Å²) in [6.45, 7) is 1.75. The van der Waals surface area contributed by atoms with Gasteiger partial charge in [0.15, 0.2) is 0 Å². The molecule has 10 nitrogen and oxygen atoms in total. The minimum atomic E-state index is -1.11. The lowest BCUT2D eigenvalue weighted by atomic mass is 9.97. The van der Waals surface area contributed by atoms with Crippen molar-refractivity contribution in [3.63, 3.8) is 0 Å². The molecule has 1 aromatic heterocycles. The minimum Gasteiger partial charge on any atom is -0.497 e. The highest BCUT2D eigenvalue weighted by molar-refractivity contribution is 6.06. The van der Waals surface area contributed by atoms with Gasteiger partial charge in [-0.15, -0.1) is 0 Å². The number of benzene rings is 2. The number of aromatic nitrogens is 1. The number of ether oxygens (including phenoxy) is 3. The van der Waals surface area contributed by atoms with Crippen LogP contribution in [0.2, 0.25) is 0 Å². The van der Waals surface area contributed by atoms with E-state index in [9.17, 15) is 24.3 Å². The van der Waals surface area contributed by atoms with Gasteiger partial charge in [-0.1, -0.05) is 6.07 Å². The normalized spacial score (nSPS) is 12.9. The number of carboxylic acid groups (broad SMARTS) is 1. The van der Waals surface area contributed by atoms with Gasteiger partial charge in [-0.2, -0.15) is 0 Å². The third kappa shape index (κ3) is 5.56. The summed E-state index contributed by atoms with van der Waals surface area (Å²) in [5.41, 5.74) is 3.57. The van der Waals surface area contributed by atoms with Gasteiger partial charge < -0.3 is 28.8 Å². The van der Waals surface area contributed by atoms with Crippen LogP contribution in [0.4, 0.5) is 0 Å². The van der Waals surface area contributed by atoms with E-state index >= 15 is 0 Å². The molecule has 10 heteroatoms. The minimum absolute atomic E-state index is 0.0458. The summed E-state index contributed by atoms with van der Waals surface area (Å²) >= 11 is 0. The molecule has 1 N–H and O–H groups in total. The Morgan fingerprint density at radius 3 is 2.33 bits per heavy atom. The second-order valence-corrected chi connectivity index (χ2v) is 9.44. The maximum atomic E-state index is 13.4. The Morgan fingerprint density at radius 1 is 1.00 bits per heavy atom. The fraction of sp³-hybridized carbons (Fsp3) is 0.333. The molecule has 4 rings (SSSR count). The lowest BCUT2D eigenvalue weighted by molar-refractivity contribution is -0.143. The van der Waals surface area contributed by atoms with Crippen molar-refractivity contribution in [2.45, 2.75) is 39.3 Å². The van der Waals surface area contributed by atoms with Gasteiger partial charge in [-0.25, -0.2) is 9.59 Å². The molecule has 1 amide bonds. The van der Waals surface area contributed by atoms with Crippen molar-refractivity contribution >= 4 is 40.3 Å². The van der Waals surface area contributed by atoms with Crippen LogP contribution in [0, 0.1) is 0 Å². The average molecular weight is 549 g/mol. The first-order chi connectivity index (χ1) is 19.2. The van der Waals surface area contributed by atoms with E-state index in [1.165, 1.54) is 24.1 Å². The first kappa shape index (κ1) is 28.4. The Kier molecular flexibility index (Phi) is 8.57. The van der Waals surface area contributed by atoms with Crippen molar-refractivity contribution in [2.24, 2.45) is 0 Å². The number of methoxy groups -OCH3 is 2. The van der Waals surface area contributed by atoms with Crippen LogP contribution in [-0.4, -0.2) is 66.3 Å². The molecule has 0 radical (unpaired) electrons. The number of amides is 1. The number of allylic oxidation sites excluding steroid dienone is 1. The predicted molar refractivity (Wildman–Crippen MR) is 147 cm³/mol. The van der Waals surface area contributed by atoms with Crippen LogP contribution in [0.15, 0.2) is 48.0 Å². The fourth-order valence-electron chi connectivity index (χ4n) is 5.17. The molecular formula is C30H32N2O8. The molecule has 0 spiro atoms. The second kappa shape index (κ2) is 12.1. The van der Waals surface area contributed by atoms with E-state index < -0.39 is 17.9 Å². The Balaban J connectivity index is 1.93. The maximum Gasteiger partial charge on any atom is 0.335 e. The van der Waals surface area contributed by atoms with Crippen LogP contribution in [0.1, 0.15) is 58.2 Å². The van der Waals surface area contributed by atoms with Crippen molar-refractivity contribution in [3.8, 4) is 5.75 Å². The largest absolute Gasteiger partial charge is 0.497 e. The highest BCUT2D eigenvalue weighted by Crippen LogP contribution is 2.42. The van der Waals surface area contributed by atoms with Crippen LogP contribution in [0.5, 0.6) is 5.75 Å². The smallest absolute Gasteiger partial charge is 0.335 e. The van der Waals surface area contributed by atoms with Crippen LogP contribution in [0.3, 0.4) is 0 Å². The van der Waals surface area contributed by atoms with Gasteiger partial charge in [0.1, 0.15) is 12.3 Å². The lowest BCUT2D eigenvalue weighted by Gasteiger charge is -2.21. The highest BCUT2D eigenvalue weighted by atomic mass is 16.5. The van der Waals surface area contributed by atoms with Crippen LogP contribution < -0.4 is 4.74 Å². The van der Waals surface area contributed by atoms with Crippen molar-refractivity contribution < 1.29 is 38.5 Å². The third-order valence-electron chi connectivity index (χ3n) is 7.03. The summed E-state index contributed by atoms with van der Waals surface area (Å²) in [6, 6.07) is 11.4. The van der Waals surface area contributed by atoms with E-state index in [1.54, 1.807) is 56.0 Å². The standard InChI is InChI=1S/C30H32N2O8/c1-5-40-26(33)17-32-24-15-19(29(35)36)11-14-23(24)27(21-7-6-8-22(21)30(37)39-4)25(32)16-31(2)28(34)18-9-12-20(38-3)13-10-18/h9-15H,5-8,16-17H2,1-4H3,(H,35,36). The van der Waals surface area contributed by atoms with Crippen LogP contribution in [-0.2, 0) is 32.2 Å². The molecule has 1 aliphatic carbocycles. The highest BCUT2D eigenvalue weighted by Gasteiger charge is 2.30. The predicted octanol–water partition coefficient (Wildman–Crippen LogP) is 4.29. The number of esters is 2. The van der Waals surface area contributed by atoms with Gasteiger partial charge in [-0.3, -0.25) is 9.59 Å². The second-order valence-electron chi connectivity index (χ2n) is 9.44. The van der Waals surface area contributed by atoms with Crippen molar-refractivity contribution in [1.29, 1.82) is 0 Å². The number of nitrogens with zero attached hydrogens (tertiary/aromatic N) is 2. The quantitative estimate of drug-likeness (QED) is 0.372. The maximum absolute atomic E-state index is 13.4. The van der Waals surface area contributed by atoms with E-state index in [0.29, 0.717) is 51.9 Å². The van der Waals surface area contributed by atoms with Gasteiger partial charge >= 0.3 is 17.9 Å². The van der Waals surface area contributed by atoms with E-state index in [2.05, 4.69) is 0 Å². The third-order valence-corrected chi connectivity index (χ3v) is 7.03. The molecule has 0 saturated carbocycles. The zero-order valence-corrected chi connectivity index (χ0v) is 23.0. The molecule has 0 bridgehead atoms. The Labute approximate surface area is 231 Å². The molecule has 1 aliphatic rings. The molecular weight excluding hydrogens is 516 g/mol. The monoisotopic (exact) mass is 548 g/mol. The Bertz CT molecular complexity index is 1500. The van der Waals surface area contributed by atoms with E-state index in [1.807, 2.05) is 0 Å². The van der Waals surface area contributed by atoms with Crippen molar-refractivity contribution in [2.75, 3.05) is 27.9 Å². The van der Waals surface area contributed by atoms with Gasteiger partial charge in [0.2, 0.25) is 0 Å². The molecule has 0 unspecified atom stereocenters. The molecule has 1 heterocycles. The van der Waals surface area contributed by atoms with Gasteiger partial charge in [0, 0.05) is 34.8 Å². The number of fused-ring (bicyclic) bond motifs is 1. The molecule has 0 atom stereocenters. The average Bonchev–Trinajstić information content (AvgIpc) is 3.54. The molecule has 40 heavy (non-hydrogen) atoms. The van der Waals surface area contributed by atoms with Gasteiger partial charge in [0.05, 0.1) is 38.5 Å². The number of aromatic carboxylic acids is 1. The first-order valence-electron chi connectivity index (χ1n) is 12.9. The fourth-order valence-corrected chi connectivity index (χ4v) is 5.17. The molecule has 0 aliphatic heterocycles. The summed E-state index contributed by atoms with van der Waals surface area (Å²) in [4.78, 5) is 52.2. The first-order valence-corrected chi connectivity index (χ1v) is 12.9. The zero-order chi connectivity index (χ0) is 29.0. The number of carboxylic acids is 1. The number of rotatable bonds is 10. The summed E-state index contributed by atoms with van der Waals surface area (Å²) in [7, 11) is 4.52. The van der Waals surface area contributed by atoms with Crippen LogP contribution in [0.25, 0.3) is 16.5 Å². The summed E-state index contributed by atoms with van der Waals surface area (Å²) in [6.07, 6.45) is 1.85. The lowest BCUT2D eigenvalue weighted by Crippen LogP contribution is -2.28. The summed E-state index contributed by atoms with van der Waals surface area (Å²) < 4.78 is 17.2. The molecule has 0 fully saturated rings. The number of carbonyl (C=O) groups is 4. The van der Waals surface area contributed by atoms with E-state index in [4.69, 9.17) is 14.2 Å². The molecule has 3 aromatic rings. The summed E-state index contributed by atoms with van der Waals surface area (Å²) in [5.74, 6) is -1.70. The zero-order valence-electron chi connectivity index (χ0n) is 23.0. The topological polar surface area (TPSA) is 124 Å². The van der Waals surface area contributed by atoms with E-state index in [-0.39, 0.29) is 31.2 Å². The van der Waals surface area contributed by atoms with E-state index in [0.717, 1.165) is 12.0 Å². The molecule has 0 saturated heterocycles. The Morgan fingerprint density at radius 2 is 1.70 bits per heavy atom. The summed E-state index contributed by atoms with van der Waals surface area (Å²) in [5, 5.41) is 10.4. The molecule has 2 aromatic carbocycles. The number of carbonyl (C=O) groups excluding carboxylic acids is 3. The number of hydrogen-bond acceptors (Lipinski definition) is 7. The van der Waals surface area contributed by atoms with Crippen molar-refractivity contribution in [3.05, 3.63) is 70.4 Å².